The van der Waals surface area contributed by atoms with Crippen molar-refractivity contribution in [2.45, 2.75) is 29.4 Å². The van der Waals surface area contributed by atoms with Crippen LogP contribution in [-0.2, 0) is 29.5 Å². The fraction of sp³-hybridized carbons (Fsp3) is 0.429. The molecule has 3 heterocycles. The minimum absolute atomic E-state index is 0. The Morgan fingerprint density at radius 2 is 2.20 bits per heavy atom. The molecule has 35 heavy (non-hydrogen) atoms. The van der Waals surface area contributed by atoms with E-state index in [2.05, 4.69) is 46.2 Å². The number of thioether (sulfide) groups is 1. The number of thiazole rings is 1. The summed E-state index contributed by atoms with van der Waals surface area (Å²) in [4.78, 5) is 45.5. The molecule has 2 aromatic heterocycles. The van der Waals surface area contributed by atoms with Gasteiger partial charge < -0.3 is 20.0 Å². The predicted molar refractivity (Wildman–Crippen MR) is 117 cm³/mol. The third-order valence-corrected chi connectivity index (χ3v) is 7.17. The van der Waals surface area contributed by atoms with Crippen molar-refractivity contribution in [3.05, 3.63) is 11.1 Å². The second kappa shape index (κ2) is 12.4. The van der Waals surface area contributed by atoms with E-state index >= 15 is 0 Å². The smallest absolute Gasteiger partial charge is 0.731 e. The van der Waals surface area contributed by atoms with Crippen LogP contribution >= 0.6 is 34.7 Å². The Morgan fingerprint density at radius 1 is 1.49 bits per heavy atom. The predicted octanol–water partition coefficient (Wildman–Crippen LogP) is -4.48. The third kappa shape index (κ3) is 6.88. The number of H-pyrrole nitrogens is 1. The van der Waals surface area contributed by atoms with Gasteiger partial charge in [0.2, 0.25) is 11.1 Å². The van der Waals surface area contributed by atoms with E-state index in [4.69, 9.17) is 11.6 Å². The van der Waals surface area contributed by atoms with Crippen molar-refractivity contribution >= 4 is 73.6 Å². The van der Waals surface area contributed by atoms with Crippen LogP contribution in [0.1, 0.15) is 12.6 Å². The maximum Gasteiger partial charge on any atom is 1.00 e. The van der Waals surface area contributed by atoms with E-state index in [1.54, 1.807) is 0 Å². The number of β-lactam (4-membered cyclic amide) rings is 1. The van der Waals surface area contributed by atoms with Crippen LogP contribution < -0.4 is 40.2 Å². The van der Waals surface area contributed by atoms with Crippen molar-refractivity contribution in [3.8, 4) is 0 Å². The minimum Gasteiger partial charge on any atom is -0.731 e. The molecular formula is C14H15ClN9NaO7S3. The molecule has 0 aliphatic carbocycles. The zero-order valence-corrected chi connectivity index (χ0v) is 23.4. The van der Waals surface area contributed by atoms with Gasteiger partial charge in [0.25, 0.3) is 11.8 Å². The number of hydrogen-bond donors (Lipinski definition) is 3. The van der Waals surface area contributed by atoms with Crippen molar-refractivity contribution in [2.75, 3.05) is 18.3 Å². The average Bonchev–Trinajstić information content (AvgIpc) is 3.44. The van der Waals surface area contributed by atoms with Crippen LogP contribution in [-0.4, -0.2) is 96.6 Å². The number of halogens is 1. The van der Waals surface area contributed by atoms with Gasteiger partial charge in [-0.15, -0.1) is 33.1 Å². The molecule has 0 aromatic carbocycles. The fourth-order valence-corrected chi connectivity index (χ4v) is 5.61. The molecule has 3 amide bonds. The van der Waals surface area contributed by atoms with Crippen LogP contribution in [0.3, 0.4) is 0 Å². The standard InChI is InChI=1S/C14H16ClN9O7S3.Na/c1-5(33-14-19-22-23-20-14)10-9(12(27)24(10)34(28,29)30)18-11(26)8(21-31-2)6-4-32-13(16-6)17-7(25)3-15;/h4-5,9-10H,3H2,1-2H3,(H,18,26)(H,16,17,25)(H,28,29,30)(H,19,20,22,23);/q;+1/p-1. The summed E-state index contributed by atoms with van der Waals surface area (Å²) in [7, 11) is -3.99. The minimum atomic E-state index is -5.16. The number of nitrogens with zero attached hydrogens (tertiary/aromatic N) is 6. The first kappa shape index (κ1) is 29.4. The molecule has 1 aliphatic rings. The monoisotopic (exact) mass is 575 g/mol. The van der Waals surface area contributed by atoms with E-state index in [1.165, 1.54) is 19.4 Å². The van der Waals surface area contributed by atoms with Gasteiger partial charge in [0.05, 0.1) is 6.04 Å². The van der Waals surface area contributed by atoms with Gasteiger partial charge >= 0.3 is 29.6 Å². The molecule has 3 rings (SSSR count). The Balaban J connectivity index is 0.00000432. The second-order valence-electron chi connectivity index (χ2n) is 6.39. The van der Waals surface area contributed by atoms with Gasteiger partial charge in [-0.3, -0.25) is 14.4 Å². The van der Waals surface area contributed by atoms with Crippen molar-refractivity contribution < 1.29 is 61.7 Å². The molecule has 1 aliphatic heterocycles. The first-order valence-electron chi connectivity index (χ1n) is 8.99. The number of carbonyl (C=O) groups is 3. The number of alkyl halides is 1. The SMILES string of the molecule is CON=C(C(=O)NC1C(=O)N(S(=O)(=O)[O-])C1C(C)Sc1nn[nH]n1)c1csc(NC(=O)CCl)n1.[Na+]. The summed E-state index contributed by atoms with van der Waals surface area (Å²) >= 11 is 7.34. The third-order valence-electron chi connectivity index (χ3n) is 4.23. The zero-order chi connectivity index (χ0) is 25.0. The summed E-state index contributed by atoms with van der Waals surface area (Å²) in [6, 6.07) is -2.64. The second-order valence-corrected chi connectivity index (χ2v) is 10.1. The average molecular weight is 576 g/mol. The number of hydrogen-bond acceptors (Lipinski definition) is 14. The molecule has 1 saturated heterocycles. The Hall–Kier alpha value is -1.87. The van der Waals surface area contributed by atoms with Gasteiger partial charge in [0.15, 0.2) is 21.1 Å². The summed E-state index contributed by atoms with van der Waals surface area (Å²) in [6.07, 6.45) is 0. The molecule has 3 atom stereocenters. The Morgan fingerprint density at radius 3 is 2.77 bits per heavy atom. The number of tetrazole rings is 1. The van der Waals surface area contributed by atoms with Gasteiger partial charge in [-0.2, -0.15) is 5.21 Å². The molecule has 3 N–H and O–H groups in total. The molecule has 16 nitrogen and oxygen atoms in total. The summed E-state index contributed by atoms with van der Waals surface area (Å²) in [5.41, 5.74) is -0.362. The summed E-state index contributed by atoms with van der Waals surface area (Å²) in [6.45, 7) is 1.52. The van der Waals surface area contributed by atoms with Crippen molar-refractivity contribution in [1.82, 2.24) is 35.2 Å². The first-order chi connectivity index (χ1) is 16.1. The van der Waals surface area contributed by atoms with Crippen LogP contribution in [0.5, 0.6) is 0 Å². The van der Waals surface area contributed by atoms with E-state index in [0.29, 0.717) is 0 Å². The van der Waals surface area contributed by atoms with Crippen molar-refractivity contribution in [2.24, 2.45) is 5.16 Å². The quantitative estimate of drug-likeness (QED) is 0.0463. The molecule has 21 heteroatoms. The largest absolute Gasteiger partial charge is 1.00 e. The van der Waals surface area contributed by atoms with E-state index in [-0.39, 0.29) is 61.4 Å². The van der Waals surface area contributed by atoms with E-state index in [1.807, 2.05) is 0 Å². The molecule has 2 aromatic rings. The van der Waals surface area contributed by atoms with Crippen LogP contribution in [0.2, 0.25) is 0 Å². The summed E-state index contributed by atoms with van der Waals surface area (Å²) < 4.78 is 35.0. The topological polar surface area (TPSA) is 225 Å². The Labute approximate surface area is 233 Å². The van der Waals surface area contributed by atoms with Crippen LogP contribution in [0.15, 0.2) is 15.7 Å². The van der Waals surface area contributed by atoms with Crippen LogP contribution in [0, 0.1) is 0 Å². The van der Waals surface area contributed by atoms with E-state index in [9.17, 15) is 27.4 Å². The molecular weight excluding hydrogens is 561 g/mol. The Bertz CT molecular complexity index is 1210. The van der Waals surface area contributed by atoms with Crippen molar-refractivity contribution in [1.29, 1.82) is 0 Å². The number of aromatic amines is 1. The first-order valence-corrected chi connectivity index (χ1v) is 12.7. The number of anilines is 1. The maximum absolute atomic E-state index is 12.9. The Kier molecular flexibility index (Phi) is 10.4. The molecule has 0 spiro atoms. The molecule has 3 unspecified atom stereocenters. The molecule has 1 fully saturated rings. The van der Waals surface area contributed by atoms with Gasteiger partial charge in [-0.1, -0.05) is 23.8 Å². The van der Waals surface area contributed by atoms with Crippen LogP contribution in [0.25, 0.3) is 0 Å². The number of carbonyl (C=O) groups excluding carboxylic acids is 3. The van der Waals surface area contributed by atoms with Gasteiger partial charge in [-0.25, -0.2) is 17.7 Å². The number of amides is 3. The fourth-order valence-electron chi connectivity index (χ4n) is 2.89. The van der Waals surface area contributed by atoms with E-state index < -0.39 is 45.4 Å². The summed E-state index contributed by atoms with van der Waals surface area (Å²) in [5, 5.41) is 22.3. The number of nitrogens with one attached hydrogen (secondary N) is 3. The number of rotatable bonds is 10. The number of aromatic nitrogens is 5. The van der Waals surface area contributed by atoms with Gasteiger partial charge in [-0.05, 0) is 5.21 Å². The normalized spacial score (nSPS) is 18.8. The van der Waals surface area contributed by atoms with Crippen molar-refractivity contribution in [3.63, 3.8) is 0 Å². The van der Waals surface area contributed by atoms with E-state index in [0.717, 1.165) is 23.1 Å². The molecule has 0 radical (unpaired) electrons. The molecule has 0 bridgehead atoms. The summed E-state index contributed by atoms with van der Waals surface area (Å²) in [5.74, 6) is -2.89. The molecule has 0 saturated carbocycles. The van der Waals surface area contributed by atoms with Crippen LogP contribution in [0.4, 0.5) is 5.13 Å². The van der Waals surface area contributed by atoms with Gasteiger partial charge in [0.1, 0.15) is 24.7 Å². The molecule has 184 valence electrons. The number of oxime groups is 1. The zero-order valence-electron chi connectivity index (χ0n) is 18.2. The van der Waals surface area contributed by atoms with Gasteiger partial charge in [0, 0.05) is 10.6 Å². The maximum atomic E-state index is 12.9.